The van der Waals surface area contributed by atoms with Gasteiger partial charge in [0.1, 0.15) is 5.97 Å². The van der Waals surface area contributed by atoms with E-state index in [0.29, 0.717) is 19.4 Å². The number of alkyl halides is 3. The first-order chi connectivity index (χ1) is 37.2. The van der Waals surface area contributed by atoms with Gasteiger partial charge in [-0.15, -0.1) is 0 Å². The number of hydrogen-bond acceptors (Lipinski definition) is 15. The molecule has 0 aliphatic carbocycles. The van der Waals surface area contributed by atoms with Crippen molar-refractivity contribution in [3.05, 3.63) is 0 Å². The molecule has 1 saturated heterocycles. The van der Waals surface area contributed by atoms with Gasteiger partial charge >= 0.3 is 59.9 Å². The van der Waals surface area contributed by atoms with Crippen molar-refractivity contribution >= 4 is 83.3 Å². The molecule has 1 fully saturated rings. The normalized spacial score (nSPS) is 14.9. The second kappa shape index (κ2) is 37.1. The molecule has 1 aliphatic heterocycles. The lowest BCUT2D eigenvalue weighted by Gasteiger charge is -2.33. The first kappa shape index (κ1) is 72.2. The molecule has 1 rings (SSSR count). The maximum Gasteiger partial charge on any atom is 0.430 e. The van der Waals surface area contributed by atoms with E-state index in [1.165, 1.54) is 19.6 Å². The Bertz CT molecular complexity index is 2120. The third-order valence-electron chi connectivity index (χ3n) is 12.4. The number of hydrogen-bond donors (Lipinski definition) is 13. The molecule has 80 heavy (non-hydrogen) atoms. The van der Waals surface area contributed by atoms with Crippen molar-refractivity contribution in [2.75, 3.05) is 98.2 Å². The van der Waals surface area contributed by atoms with Crippen molar-refractivity contribution < 1.29 is 152 Å². The van der Waals surface area contributed by atoms with E-state index in [-0.39, 0.29) is 87.3 Å². The number of unbranched alkanes of at least 4 members (excludes halogenated alkanes) is 2. The lowest BCUT2D eigenvalue weighted by atomic mass is 10.1. The highest BCUT2D eigenvalue weighted by Gasteiger charge is 2.37. The lowest BCUT2D eigenvalue weighted by Crippen LogP contribution is -3.18. The number of rotatable bonds is 32. The van der Waals surface area contributed by atoms with Gasteiger partial charge in [-0.05, 0) is 32.1 Å². The Morgan fingerprint density at radius 1 is 0.400 bits per heavy atom. The minimum atomic E-state index is -5.19. The Morgan fingerprint density at radius 2 is 0.625 bits per heavy atom. The second-order valence-corrected chi connectivity index (χ2v) is 18.4. The van der Waals surface area contributed by atoms with E-state index in [2.05, 4.69) is 5.73 Å². The predicted octanol–water partition coefficient (Wildman–Crippen LogP) is -8.94. The summed E-state index contributed by atoms with van der Waals surface area (Å²) in [6.45, 7) is -6.17. The number of nitrogens with one attached hydrogen (secondary N) is 3. The fourth-order valence-corrected chi connectivity index (χ4v) is 8.50. The van der Waals surface area contributed by atoms with Crippen LogP contribution in [0, 0.1) is 0 Å². The highest BCUT2D eigenvalue weighted by molar-refractivity contribution is 5.81. The van der Waals surface area contributed by atoms with Crippen LogP contribution in [-0.4, -0.2) is 271 Å². The van der Waals surface area contributed by atoms with Crippen LogP contribution in [0.1, 0.15) is 77.0 Å². The molecule has 0 aromatic carbocycles. The molecule has 0 bridgehead atoms. The van der Waals surface area contributed by atoms with E-state index < -0.39 is 184 Å². The summed E-state index contributed by atoms with van der Waals surface area (Å²) in [5.74, 6) is -19.2. The molecule has 0 saturated carbocycles. The molecule has 0 spiro atoms. The zero-order valence-corrected chi connectivity index (χ0v) is 43.6. The molecule has 0 radical (unpaired) electrons. The average molecular weight is 1170 g/mol. The van der Waals surface area contributed by atoms with Crippen molar-refractivity contribution in [1.82, 2.24) is 19.6 Å². The largest absolute Gasteiger partial charge is 0.542 e. The van der Waals surface area contributed by atoms with Crippen LogP contribution in [0.4, 0.5) is 13.2 Å². The molecular formula is C45H72F3N8O24+3. The van der Waals surface area contributed by atoms with Gasteiger partial charge in [0, 0.05) is 97.3 Å². The number of carboxylic acid groups (broad SMARTS) is 10. The smallest absolute Gasteiger partial charge is 0.430 e. The summed E-state index contributed by atoms with van der Waals surface area (Å²) in [4.78, 5) is 175. The van der Waals surface area contributed by atoms with E-state index in [4.69, 9.17) is 9.90 Å². The summed E-state index contributed by atoms with van der Waals surface area (Å²) in [6.07, 6.45) is -6.39. The maximum atomic E-state index is 14.0. The van der Waals surface area contributed by atoms with Gasteiger partial charge in [0.15, 0.2) is 57.4 Å². The van der Waals surface area contributed by atoms with Crippen LogP contribution in [0.25, 0.3) is 0 Å². The highest BCUT2D eigenvalue weighted by atomic mass is 19.4. The number of nitrogens with zero attached hydrogens (tertiary/aromatic N) is 4. The zero-order chi connectivity index (χ0) is 61.4. The molecule has 35 heteroatoms. The van der Waals surface area contributed by atoms with E-state index in [1.54, 1.807) is 0 Å². The summed E-state index contributed by atoms with van der Waals surface area (Å²) >= 11 is 0. The van der Waals surface area contributed by atoms with Crippen LogP contribution in [0.15, 0.2) is 0 Å². The number of halogens is 3. The number of carbonyl (C=O) groups excluding carboxylic acids is 5. The second-order valence-electron chi connectivity index (χ2n) is 18.4. The monoisotopic (exact) mass is 1170 g/mol. The molecule has 0 aromatic heterocycles. The first-order valence-corrected chi connectivity index (χ1v) is 24.9. The third kappa shape index (κ3) is 30.4. The lowest BCUT2D eigenvalue weighted by molar-refractivity contribution is -0.902. The quantitative estimate of drug-likeness (QED) is 0.0278. The summed E-state index contributed by atoms with van der Waals surface area (Å²) in [5, 5.41) is 94.9. The van der Waals surface area contributed by atoms with Crippen LogP contribution in [0.3, 0.4) is 0 Å². The van der Waals surface area contributed by atoms with Gasteiger partial charge in [-0.3, -0.25) is 19.2 Å². The van der Waals surface area contributed by atoms with Crippen LogP contribution in [0.2, 0.25) is 0 Å². The Kier molecular flexibility index (Phi) is 33.5. The molecule has 3 atom stereocenters. The fourth-order valence-electron chi connectivity index (χ4n) is 8.50. The Labute approximate surface area is 453 Å². The highest BCUT2D eigenvalue weighted by Crippen LogP contribution is 2.13. The van der Waals surface area contributed by atoms with Gasteiger partial charge in [-0.2, -0.15) is 13.2 Å². The van der Waals surface area contributed by atoms with Gasteiger partial charge in [0.05, 0.1) is 6.54 Å². The molecule has 15 N–H and O–H groups in total. The van der Waals surface area contributed by atoms with E-state index in [9.17, 15) is 121 Å². The van der Waals surface area contributed by atoms with Crippen LogP contribution >= 0.6 is 0 Å². The van der Waals surface area contributed by atoms with Gasteiger partial charge in [0.25, 0.3) is 0 Å². The van der Waals surface area contributed by atoms with Crippen LogP contribution in [-0.2, 0) is 67.1 Å². The number of aliphatic carboxylic acids is 10. The minimum Gasteiger partial charge on any atom is -0.542 e. The van der Waals surface area contributed by atoms with Gasteiger partial charge in [-0.1, -0.05) is 0 Å². The van der Waals surface area contributed by atoms with Crippen LogP contribution in [0.5, 0.6) is 0 Å². The summed E-state index contributed by atoms with van der Waals surface area (Å²) in [7, 11) is 0. The summed E-state index contributed by atoms with van der Waals surface area (Å²) in [5.41, 5.74) is 3.80. The Hall–Kier alpha value is -7.79. The number of carbonyl (C=O) groups is 14. The molecular weight excluding hydrogens is 1090 g/mol. The van der Waals surface area contributed by atoms with E-state index >= 15 is 0 Å². The first-order valence-electron chi connectivity index (χ1n) is 24.9. The van der Waals surface area contributed by atoms with Gasteiger partial charge < -0.3 is 95.9 Å². The van der Waals surface area contributed by atoms with Crippen LogP contribution < -0.4 is 25.5 Å². The Morgan fingerprint density at radius 3 is 0.812 bits per heavy atom. The SMILES string of the molecule is O=C([O-])C(F)(F)F.[NH3+]CCCCCC(=O)N1CCCN(C(=O)CC[C@@H](C(=O)O)[NH+](CC(=O)O)CC(=O)O)CCN(C(=O)CC[C@@H](C(=O)O)[NH+](CC(=O)O)CC(=O)O)CCCN(C(=O)CC[C@@H](C(=O)O)[NH+](CC(=O)O)CC(=O)O)CC1. The molecule has 0 aromatic rings. The third-order valence-corrected chi connectivity index (χ3v) is 12.4. The standard InChI is InChI=1S/C43H68N8O22.C2HF3O2/c44-13-3-1-2-6-31(52)45-14-4-15-47(33(54)11-8-29(42(70)71)50(24-37(60)61)25-38(62)63)20-21-48(34(55)12-9-30(43(72)73)51(26-39(64)65)27-40(66)67)17-5-16-46(19-18-45)32(53)10-7-28(41(68)69)49(22-35(56)57)23-36(58)59;3-2(4,5)1(6)7/h28-30H,1-27,44H2,(H,56,57)(H,58,59)(H,60,61)(H,62,63)(H,64,65)(H,66,67)(H,68,69)(H,70,71)(H,72,73);(H,6,7)/p+3/t28-,29-,30-;/m0./s1. The fraction of sp³-hybridized carbons (Fsp3) is 0.689. The average Bonchev–Trinajstić information content (AvgIpc) is 3.31. The summed E-state index contributed by atoms with van der Waals surface area (Å²) < 4.78 is 31.5. The Balaban J connectivity index is 0.00000830. The summed E-state index contributed by atoms with van der Waals surface area (Å²) in [6, 6.07) is -5.00. The van der Waals surface area contributed by atoms with Crippen molar-refractivity contribution in [3.63, 3.8) is 0 Å². The topological polar surface area (TPSA) is 498 Å². The maximum absolute atomic E-state index is 14.0. The molecule has 454 valence electrons. The van der Waals surface area contributed by atoms with Gasteiger partial charge in [-0.25, -0.2) is 43.2 Å². The zero-order valence-electron chi connectivity index (χ0n) is 43.6. The molecule has 0 unspecified atom stereocenters. The number of carboxylic acids is 10. The van der Waals surface area contributed by atoms with E-state index in [1.807, 2.05) is 0 Å². The van der Waals surface area contributed by atoms with Crippen molar-refractivity contribution in [2.45, 2.75) is 101 Å². The molecule has 32 nitrogen and oxygen atoms in total. The van der Waals surface area contributed by atoms with Crippen molar-refractivity contribution in [1.29, 1.82) is 0 Å². The van der Waals surface area contributed by atoms with Crippen molar-refractivity contribution in [3.8, 4) is 0 Å². The molecule has 4 amide bonds. The van der Waals surface area contributed by atoms with E-state index in [0.717, 1.165) is 6.42 Å². The van der Waals surface area contributed by atoms with Gasteiger partial charge in [0.2, 0.25) is 23.6 Å². The molecule has 1 aliphatic rings. The predicted molar refractivity (Wildman–Crippen MR) is 253 cm³/mol. The van der Waals surface area contributed by atoms with Crippen molar-refractivity contribution in [2.24, 2.45) is 0 Å². The number of quaternary nitrogens is 4. The molecule has 1 heterocycles. The number of amides is 4. The minimum absolute atomic E-state index is 0.0125.